The lowest BCUT2D eigenvalue weighted by Gasteiger charge is -2.38. The van der Waals surface area contributed by atoms with E-state index >= 15 is 0 Å². The van der Waals surface area contributed by atoms with E-state index in [1.165, 1.54) is 10.5 Å². The van der Waals surface area contributed by atoms with E-state index in [1.807, 2.05) is 7.05 Å². The molecule has 19 heavy (non-hydrogen) atoms. The standard InChI is InChI=1S/C11H17BrN4O2S/c1-15-2-3-16(10(5-13)8-15)19(17,18)11-4-9(12)6-14-7-11/h4,6-7,10H,2-3,5,8,13H2,1H3. The van der Waals surface area contributed by atoms with Crippen LogP contribution in [0.4, 0.5) is 0 Å². The Balaban J connectivity index is 2.33. The second-order valence-corrected chi connectivity index (χ2v) is 7.41. The van der Waals surface area contributed by atoms with E-state index in [9.17, 15) is 8.42 Å². The van der Waals surface area contributed by atoms with E-state index < -0.39 is 10.0 Å². The molecule has 1 saturated heterocycles. The average molecular weight is 349 g/mol. The van der Waals surface area contributed by atoms with Gasteiger partial charge in [-0.3, -0.25) is 4.98 Å². The Hall–Kier alpha value is -0.540. The fourth-order valence-corrected chi connectivity index (χ4v) is 4.30. The average Bonchev–Trinajstić information content (AvgIpc) is 2.38. The Kier molecular flexibility index (Phi) is 4.57. The van der Waals surface area contributed by atoms with Crippen molar-refractivity contribution < 1.29 is 8.42 Å². The molecular formula is C11H17BrN4O2S. The number of nitrogens with two attached hydrogens (primary N) is 1. The van der Waals surface area contributed by atoms with Gasteiger partial charge in [-0.1, -0.05) is 0 Å². The number of likely N-dealkylation sites (N-methyl/N-ethyl adjacent to an activating group) is 1. The van der Waals surface area contributed by atoms with Crippen LogP contribution in [0, 0.1) is 0 Å². The summed E-state index contributed by atoms with van der Waals surface area (Å²) in [6, 6.07) is 1.37. The van der Waals surface area contributed by atoms with E-state index in [1.54, 1.807) is 12.3 Å². The first-order valence-corrected chi connectivity index (χ1v) is 8.19. The molecule has 1 fully saturated rings. The monoisotopic (exact) mass is 348 g/mol. The first kappa shape index (κ1) is 14.9. The van der Waals surface area contributed by atoms with Crippen molar-refractivity contribution in [2.45, 2.75) is 10.9 Å². The third kappa shape index (κ3) is 3.14. The van der Waals surface area contributed by atoms with Crippen LogP contribution >= 0.6 is 15.9 Å². The Labute approximate surface area is 121 Å². The van der Waals surface area contributed by atoms with Crippen molar-refractivity contribution in [3.05, 3.63) is 22.9 Å². The van der Waals surface area contributed by atoms with Crippen molar-refractivity contribution in [3.63, 3.8) is 0 Å². The topological polar surface area (TPSA) is 79.5 Å². The number of aromatic nitrogens is 1. The summed E-state index contributed by atoms with van der Waals surface area (Å²) in [7, 11) is -1.57. The predicted octanol–water partition coefficient (Wildman–Crippen LogP) is 0.107. The summed E-state index contributed by atoms with van der Waals surface area (Å²) in [6.45, 7) is 2.12. The zero-order valence-electron chi connectivity index (χ0n) is 10.7. The molecule has 1 aromatic heterocycles. The number of piperazine rings is 1. The number of rotatable bonds is 3. The summed E-state index contributed by atoms with van der Waals surface area (Å²) in [5.41, 5.74) is 5.70. The van der Waals surface area contributed by atoms with Crippen molar-refractivity contribution in [1.29, 1.82) is 0 Å². The van der Waals surface area contributed by atoms with E-state index in [4.69, 9.17) is 5.73 Å². The SMILES string of the molecule is CN1CCN(S(=O)(=O)c2cncc(Br)c2)C(CN)C1. The van der Waals surface area contributed by atoms with Gasteiger partial charge in [0.25, 0.3) is 0 Å². The summed E-state index contributed by atoms with van der Waals surface area (Å²) in [5, 5.41) is 0. The van der Waals surface area contributed by atoms with Crippen LogP contribution in [0.1, 0.15) is 0 Å². The summed E-state index contributed by atoms with van der Waals surface area (Å²) in [4.78, 5) is 6.20. The molecule has 2 heterocycles. The molecule has 0 bridgehead atoms. The highest BCUT2D eigenvalue weighted by atomic mass is 79.9. The maximum absolute atomic E-state index is 12.6. The van der Waals surface area contributed by atoms with Crippen molar-refractivity contribution in [2.75, 3.05) is 33.2 Å². The highest BCUT2D eigenvalue weighted by molar-refractivity contribution is 9.10. The lowest BCUT2D eigenvalue weighted by atomic mass is 10.2. The summed E-state index contributed by atoms with van der Waals surface area (Å²) >= 11 is 3.24. The van der Waals surface area contributed by atoms with Crippen molar-refractivity contribution in [3.8, 4) is 0 Å². The van der Waals surface area contributed by atoms with Gasteiger partial charge in [-0.05, 0) is 29.0 Å². The molecule has 0 saturated carbocycles. The van der Waals surface area contributed by atoms with Crippen LogP contribution in [0.5, 0.6) is 0 Å². The Bertz CT molecular complexity index is 551. The number of halogens is 1. The molecule has 1 unspecified atom stereocenters. The third-order valence-corrected chi connectivity index (χ3v) is 5.54. The Morgan fingerprint density at radius 1 is 1.47 bits per heavy atom. The predicted molar refractivity (Wildman–Crippen MR) is 76.2 cm³/mol. The van der Waals surface area contributed by atoms with Crippen LogP contribution in [0.15, 0.2) is 27.8 Å². The van der Waals surface area contributed by atoms with E-state index in [-0.39, 0.29) is 10.9 Å². The molecule has 2 rings (SSSR count). The molecule has 2 N–H and O–H groups in total. The highest BCUT2D eigenvalue weighted by Crippen LogP contribution is 2.22. The molecule has 1 aliphatic rings. The smallest absolute Gasteiger partial charge is 0.245 e. The van der Waals surface area contributed by atoms with Gasteiger partial charge < -0.3 is 10.6 Å². The van der Waals surface area contributed by atoms with Gasteiger partial charge in [-0.25, -0.2) is 8.42 Å². The lowest BCUT2D eigenvalue weighted by Crippen LogP contribution is -2.56. The Morgan fingerprint density at radius 2 is 2.21 bits per heavy atom. The zero-order valence-corrected chi connectivity index (χ0v) is 13.1. The maximum Gasteiger partial charge on any atom is 0.245 e. The second-order valence-electron chi connectivity index (χ2n) is 4.61. The van der Waals surface area contributed by atoms with Gasteiger partial charge in [-0.2, -0.15) is 4.31 Å². The van der Waals surface area contributed by atoms with E-state index in [2.05, 4.69) is 25.8 Å². The van der Waals surface area contributed by atoms with Crippen molar-refractivity contribution in [1.82, 2.24) is 14.2 Å². The first-order chi connectivity index (χ1) is 8.95. The molecule has 0 spiro atoms. The van der Waals surface area contributed by atoms with E-state index in [0.29, 0.717) is 30.7 Å². The number of hydrogen-bond acceptors (Lipinski definition) is 5. The van der Waals surface area contributed by atoms with Gasteiger partial charge >= 0.3 is 0 Å². The first-order valence-electron chi connectivity index (χ1n) is 5.96. The lowest BCUT2D eigenvalue weighted by molar-refractivity contribution is 0.164. The molecule has 0 aliphatic carbocycles. The highest BCUT2D eigenvalue weighted by Gasteiger charge is 2.34. The zero-order chi connectivity index (χ0) is 14.0. The second kappa shape index (κ2) is 5.84. The molecule has 1 aromatic rings. The molecule has 0 radical (unpaired) electrons. The normalized spacial score (nSPS) is 22.6. The van der Waals surface area contributed by atoms with Crippen LogP contribution in [-0.4, -0.2) is 61.9 Å². The van der Waals surface area contributed by atoms with Crippen LogP contribution in [-0.2, 0) is 10.0 Å². The minimum Gasteiger partial charge on any atom is -0.329 e. The fraction of sp³-hybridized carbons (Fsp3) is 0.545. The van der Waals surface area contributed by atoms with Crippen molar-refractivity contribution >= 4 is 26.0 Å². The molecule has 0 aromatic carbocycles. The van der Waals surface area contributed by atoms with Crippen LogP contribution in [0.25, 0.3) is 0 Å². The summed E-state index contributed by atoms with van der Waals surface area (Å²) < 4.78 is 27.3. The number of nitrogens with zero attached hydrogens (tertiary/aromatic N) is 3. The quantitative estimate of drug-likeness (QED) is 0.838. The van der Waals surface area contributed by atoms with Gasteiger partial charge in [0.2, 0.25) is 10.0 Å². The third-order valence-electron chi connectivity index (χ3n) is 3.19. The Morgan fingerprint density at radius 3 is 2.84 bits per heavy atom. The molecule has 1 atom stereocenters. The van der Waals surface area contributed by atoms with Gasteiger partial charge in [0.15, 0.2) is 0 Å². The van der Waals surface area contributed by atoms with Gasteiger partial charge in [0.05, 0.1) is 6.04 Å². The molecule has 8 heteroatoms. The minimum absolute atomic E-state index is 0.192. The summed E-state index contributed by atoms with van der Waals surface area (Å²) in [5.74, 6) is 0. The molecule has 106 valence electrons. The largest absolute Gasteiger partial charge is 0.329 e. The molecule has 1 aliphatic heterocycles. The van der Waals surface area contributed by atoms with Gasteiger partial charge in [-0.15, -0.1) is 0 Å². The maximum atomic E-state index is 12.6. The van der Waals surface area contributed by atoms with Gasteiger partial charge in [0, 0.05) is 43.0 Å². The number of hydrogen-bond donors (Lipinski definition) is 1. The van der Waals surface area contributed by atoms with Crippen molar-refractivity contribution in [2.24, 2.45) is 5.73 Å². The number of sulfonamides is 1. The van der Waals surface area contributed by atoms with Crippen LogP contribution in [0.3, 0.4) is 0 Å². The van der Waals surface area contributed by atoms with Gasteiger partial charge in [0.1, 0.15) is 4.90 Å². The fourth-order valence-electron chi connectivity index (χ4n) is 2.17. The summed E-state index contributed by atoms with van der Waals surface area (Å²) in [6.07, 6.45) is 2.93. The van der Waals surface area contributed by atoms with Crippen LogP contribution < -0.4 is 5.73 Å². The molecular weight excluding hydrogens is 332 g/mol. The molecule has 6 nitrogen and oxygen atoms in total. The number of pyridine rings is 1. The van der Waals surface area contributed by atoms with Crippen LogP contribution in [0.2, 0.25) is 0 Å². The minimum atomic E-state index is -3.54. The molecule has 0 amide bonds. The van der Waals surface area contributed by atoms with E-state index in [0.717, 1.165) is 0 Å².